The van der Waals surface area contributed by atoms with Crippen molar-refractivity contribution in [3.8, 4) is 5.88 Å². The molecule has 8 nitrogen and oxygen atoms in total. The van der Waals surface area contributed by atoms with E-state index in [4.69, 9.17) is 15.2 Å². The van der Waals surface area contributed by atoms with Crippen LogP contribution in [0.3, 0.4) is 0 Å². The number of hydrogen-bond acceptors (Lipinski definition) is 7. The minimum absolute atomic E-state index is 0.233. The number of primary amides is 1. The second-order valence-corrected chi connectivity index (χ2v) is 8.97. The molecule has 2 aromatic heterocycles. The number of nitrogens with zero attached hydrogens (tertiary/aromatic N) is 2. The summed E-state index contributed by atoms with van der Waals surface area (Å²) < 4.78 is 50.6. The molecule has 0 radical (unpaired) electrons. The van der Waals surface area contributed by atoms with Gasteiger partial charge in [0.1, 0.15) is 6.61 Å². The van der Waals surface area contributed by atoms with Gasteiger partial charge in [-0.25, -0.2) is 4.98 Å². The standard InChI is InChI=1S/C28H29F3N4O4/c29-28(30,31)21-12-18(11-19(13-21)17-36)15-33-6-1-2-8-38-9-10-39-27-23-5-7-34-16-24(23)22-4-3-20(26(32)37)14-25(22)35-27/h3-5,7,11-14,16,33,36H,1-2,6,8-10,15,17H2,(H2,32,37). The van der Waals surface area contributed by atoms with Gasteiger partial charge in [-0.15, -0.1) is 0 Å². The summed E-state index contributed by atoms with van der Waals surface area (Å²) in [5.74, 6) is -0.129. The van der Waals surface area contributed by atoms with Gasteiger partial charge < -0.3 is 25.6 Å². The second-order valence-electron chi connectivity index (χ2n) is 8.97. The zero-order valence-corrected chi connectivity index (χ0v) is 21.1. The molecule has 4 rings (SSSR count). The molecule has 4 aromatic rings. The summed E-state index contributed by atoms with van der Waals surface area (Å²) in [4.78, 5) is 20.3. The molecule has 11 heteroatoms. The highest BCUT2D eigenvalue weighted by Crippen LogP contribution is 2.31. The fourth-order valence-electron chi connectivity index (χ4n) is 4.19. The molecule has 1 amide bonds. The van der Waals surface area contributed by atoms with E-state index in [9.17, 15) is 23.1 Å². The summed E-state index contributed by atoms with van der Waals surface area (Å²) in [5.41, 5.74) is 6.27. The number of amides is 1. The Labute approximate surface area is 223 Å². The average Bonchev–Trinajstić information content (AvgIpc) is 2.93. The molecule has 2 aromatic carbocycles. The molecule has 0 atom stereocenters. The number of ether oxygens (including phenoxy) is 2. The van der Waals surface area contributed by atoms with E-state index >= 15 is 0 Å². The topological polar surface area (TPSA) is 120 Å². The molecule has 0 bridgehead atoms. The van der Waals surface area contributed by atoms with E-state index in [2.05, 4.69) is 15.3 Å². The lowest BCUT2D eigenvalue weighted by molar-refractivity contribution is -0.137. The van der Waals surface area contributed by atoms with Crippen molar-refractivity contribution in [3.63, 3.8) is 0 Å². The number of nitrogens with one attached hydrogen (secondary N) is 1. The van der Waals surface area contributed by atoms with Crippen LogP contribution in [-0.4, -0.2) is 47.3 Å². The molecule has 2 heterocycles. The van der Waals surface area contributed by atoms with Crippen molar-refractivity contribution in [2.75, 3.05) is 26.4 Å². The van der Waals surface area contributed by atoms with Crippen LogP contribution in [0.1, 0.15) is 39.9 Å². The average molecular weight is 543 g/mol. The van der Waals surface area contributed by atoms with Crippen molar-refractivity contribution in [3.05, 3.63) is 77.1 Å². The molecular formula is C28H29F3N4O4. The largest absolute Gasteiger partial charge is 0.475 e. The number of benzene rings is 2. The predicted molar refractivity (Wildman–Crippen MR) is 140 cm³/mol. The number of aromatic nitrogens is 2. The van der Waals surface area contributed by atoms with E-state index in [0.29, 0.717) is 42.3 Å². The van der Waals surface area contributed by atoms with Gasteiger partial charge in [0.05, 0.1) is 24.3 Å². The number of rotatable bonds is 13. The van der Waals surface area contributed by atoms with Gasteiger partial charge in [0.25, 0.3) is 0 Å². The van der Waals surface area contributed by atoms with Gasteiger partial charge in [0.2, 0.25) is 11.8 Å². The molecule has 0 aliphatic rings. The van der Waals surface area contributed by atoms with Crippen LogP contribution in [0.5, 0.6) is 5.88 Å². The van der Waals surface area contributed by atoms with E-state index in [1.807, 2.05) is 6.07 Å². The van der Waals surface area contributed by atoms with Crippen molar-refractivity contribution < 1.29 is 32.5 Å². The maximum absolute atomic E-state index is 13.0. The highest BCUT2D eigenvalue weighted by Gasteiger charge is 2.31. The molecule has 0 fully saturated rings. The lowest BCUT2D eigenvalue weighted by atomic mass is 10.1. The number of carbonyl (C=O) groups excluding carboxylic acids is 1. The molecule has 0 saturated heterocycles. The third kappa shape index (κ3) is 7.41. The molecule has 0 spiro atoms. The van der Waals surface area contributed by atoms with Crippen LogP contribution < -0.4 is 15.8 Å². The van der Waals surface area contributed by atoms with Crippen molar-refractivity contribution >= 4 is 27.6 Å². The zero-order valence-electron chi connectivity index (χ0n) is 21.1. The Kier molecular flexibility index (Phi) is 9.28. The van der Waals surface area contributed by atoms with Gasteiger partial charge in [-0.1, -0.05) is 12.1 Å². The SMILES string of the molecule is NC(=O)c1ccc2c(c1)nc(OCCOCCCCNCc1cc(CO)cc(C(F)(F)F)c1)c1ccncc12. The van der Waals surface area contributed by atoms with E-state index in [0.717, 1.165) is 41.1 Å². The predicted octanol–water partition coefficient (Wildman–Crippen LogP) is 4.36. The molecular weight excluding hydrogens is 513 g/mol. The summed E-state index contributed by atoms with van der Waals surface area (Å²) >= 11 is 0. The number of halogens is 3. The molecule has 0 aliphatic carbocycles. The van der Waals surface area contributed by atoms with Crippen LogP contribution in [0.15, 0.2) is 54.9 Å². The van der Waals surface area contributed by atoms with Crippen molar-refractivity contribution in [1.29, 1.82) is 0 Å². The molecule has 4 N–H and O–H groups in total. The van der Waals surface area contributed by atoms with E-state index < -0.39 is 24.3 Å². The Balaban J connectivity index is 1.20. The summed E-state index contributed by atoms with van der Waals surface area (Å²) in [6.45, 7) is 1.55. The van der Waals surface area contributed by atoms with Gasteiger partial charge in [0.15, 0.2) is 0 Å². The Morgan fingerprint density at radius 2 is 1.79 bits per heavy atom. The second kappa shape index (κ2) is 12.8. The fourth-order valence-corrected chi connectivity index (χ4v) is 4.19. The number of aliphatic hydroxyl groups excluding tert-OH is 1. The minimum atomic E-state index is -4.45. The van der Waals surface area contributed by atoms with E-state index in [1.165, 1.54) is 0 Å². The van der Waals surface area contributed by atoms with Gasteiger partial charge in [0, 0.05) is 47.3 Å². The van der Waals surface area contributed by atoms with Crippen LogP contribution in [0, 0.1) is 0 Å². The normalized spacial score (nSPS) is 11.8. The molecule has 39 heavy (non-hydrogen) atoms. The van der Waals surface area contributed by atoms with Gasteiger partial charge in [-0.05, 0) is 60.8 Å². The Bertz CT molecular complexity index is 1450. The maximum Gasteiger partial charge on any atom is 0.416 e. The number of alkyl halides is 3. The van der Waals surface area contributed by atoms with Crippen LogP contribution in [-0.2, 0) is 24.1 Å². The highest BCUT2D eigenvalue weighted by molar-refractivity contribution is 6.09. The monoisotopic (exact) mass is 542 g/mol. The molecule has 206 valence electrons. The van der Waals surface area contributed by atoms with Crippen molar-refractivity contribution in [2.45, 2.75) is 32.2 Å². The van der Waals surface area contributed by atoms with Crippen LogP contribution >= 0.6 is 0 Å². The van der Waals surface area contributed by atoms with Gasteiger partial charge >= 0.3 is 6.18 Å². The summed E-state index contributed by atoms with van der Waals surface area (Å²) in [6.07, 6.45) is 0.460. The number of nitrogens with two attached hydrogens (primary N) is 1. The molecule has 0 unspecified atom stereocenters. The van der Waals surface area contributed by atoms with Crippen molar-refractivity contribution in [2.24, 2.45) is 5.73 Å². The fraction of sp³-hybridized carbons (Fsp3) is 0.321. The van der Waals surface area contributed by atoms with Crippen LogP contribution in [0.25, 0.3) is 21.7 Å². The lowest BCUT2D eigenvalue weighted by Crippen LogP contribution is -2.17. The number of aliphatic hydroxyl groups is 1. The first-order valence-electron chi connectivity index (χ1n) is 12.5. The van der Waals surface area contributed by atoms with E-state index in [1.54, 1.807) is 36.7 Å². The quantitative estimate of drug-likeness (QED) is 0.170. The van der Waals surface area contributed by atoms with Gasteiger partial charge in [-0.2, -0.15) is 13.2 Å². The summed E-state index contributed by atoms with van der Waals surface area (Å²) in [5, 5.41) is 14.8. The summed E-state index contributed by atoms with van der Waals surface area (Å²) in [6, 6.07) is 10.5. The van der Waals surface area contributed by atoms with Crippen molar-refractivity contribution in [1.82, 2.24) is 15.3 Å². The Hall–Kier alpha value is -3.80. The highest BCUT2D eigenvalue weighted by atomic mass is 19.4. The third-order valence-corrected chi connectivity index (χ3v) is 6.10. The number of fused-ring (bicyclic) bond motifs is 3. The number of unbranched alkanes of at least 4 members (excludes halogenated alkanes) is 1. The third-order valence-electron chi connectivity index (χ3n) is 6.10. The van der Waals surface area contributed by atoms with Crippen LogP contribution in [0.2, 0.25) is 0 Å². The van der Waals surface area contributed by atoms with Gasteiger partial charge in [-0.3, -0.25) is 9.78 Å². The molecule has 0 saturated carbocycles. The molecule has 0 aliphatic heterocycles. The number of hydrogen-bond donors (Lipinski definition) is 3. The van der Waals surface area contributed by atoms with E-state index in [-0.39, 0.29) is 18.7 Å². The first kappa shape index (κ1) is 28.2. The smallest absolute Gasteiger partial charge is 0.416 e. The Morgan fingerprint density at radius 1 is 0.974 bits per heavy atom. The zero-order chi connectivity index (χ0) is 27.8. The number of pyridine rings is 2. The summed E-state index contributed by atoms with van der Waals surface area (Å²) in [7, 11) is 0. The lowest BCUT2D eigenvalue weighted by Gasteiger charge is -2.12. The Morgan fingerprint density at radius 3 is 2.56 bits per heavy atom. The maximum atomic E-state index is 13.0. The van der Waals surface area contributed by atoms with Crippen LogP contribution in [0.4, 0.5) is 13.2 Å². The first-order chi connectivity index (χ1) is 18.8. The minimum Gasteiger partial charge on any atom is -0.475 e. The first-order valence-corrected chi connectivity index (χ1v) is 12.5. The number of carbonyl (C=O) groups is 1.